The number of hydrogen-bond donors (Lipinski definition) is 1. The van der Waals surface area contributed by atoms with Gasteiger partial charge in [0.1, 0.15) is 11.0 Å². The zero-order valence-corrected chi connectivity index (χ0v) is 9.94. The van der Waals surface area contributed by atoms with Crippen molar-refractivity contribution < 1.29 is 9.53 Å². The van der Waals surface area contributed by atoms with E-state index in [1.807, 2.05) is 0 Å². The van der Waals surface area contributed by atoms with E-state index in [1.165, 1.54) is 7.11 Å². The van der Waals surface area contributed by atoms with Crippen molar-refractivity contribution in [2.75, 3.05) is 19.5 Å². The fourth-order valence-corrected chi connectivity index (χ4v) is 1.63. The molecular formula is C8H8BrClN2O2. The summed E-state index contributed by atoms with van der Waals surface area (Å²) < 4.78 is 5.20. The molecule has 0 aliphatic heterocycles. The summed E-state index contributed by atoms with van der Waals surface area (Å²) in [6.07, 6.45) is 0. The molecule has 0 aliphatic rings. The lowest BCUT2D eigenvalue weighted by Gasteiger charge is -2.06. The van der Waals surface area contributed by atoms with E-state index < -0.39 is 5.97 Å². The summed E-state index contributed by atoms with van der Waals surface area (Å²) in [7, 11) is 3.00. The predicted octanol–water partition coefficient (Wildman–Crippen LogP) is 2.33. The smallest absolute Gasteiger partial charge is 0.341 e. The number of nitrogens with zero attached hydrogens (tertiary/aromatic N) is 1. The molecule has 0 saturated carbocycles. The van der Waals surface area contributed by atoms with Gasteiger partial charge in [-0.3, -0.25) is 0 Å². The fourth-order valence-electron chi connectivity index (χ4n) is 0.895. The van der Waals surface area contributed by atoms with E-state index in [-0.39, 0.29) is 10.7 Å². The fraction of sp³-hybridized carbons (Fsp3) is 0.250. The van der Waals surface area contributed by atoms with Crippen LogP contribution in [0.2, 0.25) is 5.15 Å². The highest BCUT2D eigenvalue weighted by atomic mass is 79.9. The lowest BCUT2D eigenvalue weighted by Crippen LogP contribution is -2.05. The first kappa shape index (κ1) is 11.3. The van der Waals surface area contributed by atoms with Crippen molar-refractivity contribution in [1.29, 1.82) is 0 Å². The number of hydrogen-bond acceptors (Lipinski definition) is 4. The summed E-state index contributed by atoms with van der Waals surface area (Å²) >= 11 is 9.03. The maximum atomic E-state index is 11.2. The number of pyridine rings is 1. The first-order chi connectivity index (χ1) is 6.60. The number of halogens is 2. The number of nitrogens with one attached hydrogen (secondary N) is 1. The Morgan fingerprint density at radius 1 is 1.71 bits per heavy atom. The minimum absolute atomic E-state index is 0.115. The van der Waals surface area contributed by atoms with E-state index in [4.69, 9.17) is 11.6 Å². The third-order valence-electron chi connectivity index (χ3n) is 1.57. The van der Waals surface area contributed by atoms with Gasteiger partial charge in [0, 0.05) is 7.05 Å². The molecule has 1 aromatic heterocycles. The van der Waals surface area contributed by atoms with E-state index in [1.54, 1.807) is 13.1 Å². The average Bonchev–Trinajstić information content (AvgIpc) is 2.19. The monoisotopic (exact) mass is 278 g/mol. The minimum atomic E-state index is -0.508. The molecule has 0 spiro atoms. The van der Waals surface area contributed by atoms with Crippen LogP contribution in [-0.4, -0.2) is 25.1 Å². The Bertz CT molecular complexity index is 371. The highest BCUT2D eigenvalue weighted by Gasteiger charge is 2.14. The number of ether oxygens (including phenoxy) is 1. The number of carbonyl (C=O) groups excluding carboxylic acids is 1. The second-order valence-corrected chi connectivity index (χ2v) is 3.61. The molecule has 0 radical (unpaired) electrons. The molecule has 4 nitrogen and oxygen atoms in total. The van der Waals surface area contributed by atoms with Crippen LogP contribution in [0.1, 0.15) is 10.4 Å². The van der Waals surface area contributed by atoms with Gasteiger partial charge < -0.3 is 10.1 Å². The predicted molar refractivity (Wildman–Crippen MR) is 57.8 cm³/mol. The Labute approximate surface area is 94.7 Å². The summed E-state index contributed by atoms with van der Waals surface area (Å²) in [4.78, 5) is 15.2. The summed E-state index contributed by atoms with van der Waals surface area (Å²) in [5.74, 6) is 0.0634. The third-order valence-corrected chi connectivity index (χ3v) is 2.46. The molecule has 0 atom stereocenters. The van der Waals surface area contributed by atoms with Crippen LogP contribution in [0.25, 0.3) is 0 Å². The van der Waals surface area contributed by atoms with Crippen molar-refractivity contribution in [2.45, 2.75) is 0 Å². The Kier molecular flexibility index (Phi) is 3.71. The van der Waals surface area contributed by atoms with Crippen LogP contribution in [0.3, 0.4) is 0 Å². The molecule has 1 N–H and O–H groups in total. The largest absolute Gasteiger partial charge is 0.465 e. The third kappa shape index (κ3) is 2.16. The number of rotatable bonds is 2. The van der Waals surface area contributed by atoms with Crippen molar-refractivity contribution in [3.63, 3.8) is 0 Å². The minimum Gasteiger partial charge on any atom is -0.465 e. The molecule has 0 aromatic carbocycles. The van der Waals surface area contributed by atoms with E-state index in [0.717, 1.165) is 0 Å². The van der Waals surface area contributed by atoms with Crippen LogP contribution in [-0.2, 0) is 4.74 Å². The number of methoxy groups -OCH3 is 1. The average molecular weight is 280 g/mol. The SMILES string of the molecule is CNc1nc(Cl)c(C(=O)OC)cc1Br. The molecule has 1 aromatic rings. The van der Waals surface area contributed by atoms with Crippen molar-refractivity contribution in [3.05, 3.63) is 21.3 Å². The molecule has 1 heterocycles. The van der Waals surface area contributed by atoms with Crippen molar-refractivity contribution in [1.82, 2.24) is 4.98 Å². The van der Waals surface area contributed by atoms with Crippen LogP contribution in [0.4, 0.5) is 5.82 Å². The highest BCUT2D eigenvalue weighted by molar-refractivity contribution is 9.10. The zero-order chi connectivity index (χ0) is 10.7. The molecule has 0 unspecified atom stereocenters. The van der Waals surface area contributed by atoms with Crippen LogP contribution in [0.15, 0.2) is 10.5 Å². The zero-order valence-electron chi connectivity index (χ0n) is 7.60. The quantitative estimate of drug-likeness (QED) is 0.667. The van der Waals surface area contributed by atoms with Crippen LogP contribution in [0.5, 0.6) is 0 Å². The molecule has 0 aliphatic carbocycles. The Hall–Kier alpha value is -0.810. The van der Waals surface area contributed by atoms with Crippen molar-refractivity contribution >= 4 is 39.3 Å². The molecule has 1 rings (SSSR count). The highest BCUT2D eigenvalue weighted by Crippen LogP contribution is 2.26. The van der Waals surface area contributed by atoms with Crippen molar-refractivity contribution in [2.24, 2.45) is 0 Å². The van der Waals surface area contributed by atoms with Gasteiger partial charge >= 0.3 is 5.97 Å². The van der Waals surface area contributed by atoms with E-state index in [0.29, 0.717) is 10.3 Å². The van der Waals surface area contributed by atoms with E-state index in [9.17, 15) is 4.79 Å². The second-order valence-electron chi connectivity index (χ2n) is 2.40. The van der Waals surface area contributed by atoms with Crippen LogP contribution < -0.4 is 5.32 Å². The number of anilines is 1. The molecule has 0 amide bonds. The van der Waals surface area contributed by atoms with Gasteiger partial charge in [-0.25, -0.2) is 9.78 Å². The van der Waals surface area contributed by atoms with E-state index in [2.05, 4.69) is 31.0 Å². The Morgan fingerprint density at radius 2 is 2.36 bits per heavy atom. The molecule has 6 heteroatoms. The summed E-state index contributed by atoms with van der Waals surface area (Å²) in [6, 6.07) is 1.56. The first-order valence-corrected chi connectivity index (χ1v) is 4.89. The van der Waals surface area contributed by atoms with Crippen LogP contribution >= 0.6 is 27.5 Å². The van der Waals surface area contributed by atoms with Gasteiger partial charge in [0.05, 0.1) is 17.1 Å². The Morgan fingerprint density at radius 3 is 2.86 bits per heavy atom. The Balaban J connectivity index is 3.21. The summed E-state index contributed by atoms with van der Waals surface area (Å²) in [6.45, 7) is 0. The van der Waals surface area contributed by atoms with Gasteiger partial charge in [0.25, 0.3) is 0 Å². The molecule has 0 bridgehead atoms. The first-order valence-electron chi connectivity index (χ1n) is 3.72. The van der Waals surface area contributed by atoms with E-state index >= 15 is 0 Å². The van der Waals surface area contributed by atoms with Gasteiger partial charge in [-0.05, 0) is 22.0 Å². The van der Waals surface area contributed by atoms with Crippen molar-refractivity contribution in [3.8, 4) is 0 Å². The second kappa shape index (κ2) is 4.61. The molecule has 0 saturated heterocycles. The van der Waals surface area contributed by atoms with Gasteiger partial charge in [-0.15, -0.1) is 0 Å². The normalized spacial score (nSPS) is 9.71. The standard InChI is InChI=1S/C8H8BrClN2O2/c1-11-7-5(9)3-4(6(10)12-7)8(13)14-2/h3H,1-2H3,(H,11,12). The van der Waals surface area contributed by atoms with Gasteiger partial charge in [0.15, 0.2) is 0 Å². The number of carbonyl (C=O) groups is 1. The molecule has 76 valence electrons. The molecule has 0 fully saturated rings. The number of esters is 1. The maximum Gasteiger partial charge on any atom is 0.341 e. The van der Waals surface area contributed by atoms with Gasteiger partial charge in [-0.2, -0.15) is 0 Å². The summed E-state index contributed by atoms with van der Waals surface area (Å²) in [5, 5.41) is 2.94. The van der Waals surface area contributed by atoms with Gasteiger partial charge in [0.2, 0.25) is 0 Å². The molecule has 14 heavy (non-hydrogen) atoms. The lowest BCUT2D eigenvalue weighted by atomic mass is 10.3. The summed E-state index contributed by atoms with van der Waals surface area (Å²) in [5.41, 5.74) is 0.236. The van der Waals surface area contributed by atoms with Gasteiger partial charge in [-0.1, -0.05) is 11.6 Å². The van der Waals surface area contributed by atoms with Crippen LogP contribution in [0, 0.1) is 0 Å². The number of aromatic nitrogens is 1. The lowest BCUT2D eigenvalue weighted by molar-refractivity contribution is 0.0600. The molecular weight excluding hydrogens is 271 g/mol. The maximum absolute atomic E-state index is 11.2. The topological polar surface area (TPSA) is 51.2 Å².